The van der Waals surface area contributed by atoms with Crippen molar-refractivity contribution in [3.05, 3.63) is 22.2 Å². The Morgan fingerprint density at radius 3 is 2.47 bits per heavy atom. The summed E-state index contributed by atoms with van der Waals surface area (Å²) in [5.41, 5.74) is -0.159. The summed E-state index contributed by atoms with van der Waals surface area (Å²) in [6.07, 6.45) is 0. The molecule has 0 aromatic carbocycles. The number of anilines is 2. The third-order valence-corrected chi connectivity index (χ3v) is 1.89. The molecule has 1 rings (SSSR count). The maximum absolute atomic E-state index is 10.7. The molecule has 0 spiro atoms. The van der Waals surface area contributed by atoms with Crippen LogP contribution in [0.15, 0.2) is 12.1 Å². The van der Waals surface area contributed by atoms with Crippen molar-refractivity contribution >= 4 is 17.3 Å². The first kappa shape index (κ1) is 13.1. The molecule has 8 heteroatoms. The van der Waals surface area contributed by atoms with Crippen LogP contribution in [-0.2, 0) is 0 Å². The van der Waals surface area contributed by atoms with Crippen LogP contribution in [0.5, 0.6) is 0 Å². The first-order valence-corrected chi connectivity index (χ1v) is 5.04. The number of aliphatic hydroxyl groups excluding tert-OH is 2. The fourth-order valence-electron chi connectivity index (χ4n) is 1.19. The molecule has 0 aliphatic carbocycles. The number of hydrogen-bond acceptors (Lipinski definition) is 7. The van der Waals surface area contributed by atoms with Gasteiger partial charge in [0, 0.05) is 19.2 Å². The van der Waals surface area contributed by atoms with E-state index >= 15 is 0 Å². The molecule has 8 nitrogen and oxygen atoms in total. The highest BCUT2D eigenvalue weighted by Crippen LogP contribution is 2.23. The van der Waals surface area contributed by atoms with Crippen molar-refractivity contribution in [1.29, 1.82) is 0 Å². The number of pyridine rings is 1. The van der Waals surface area contributed by atoms with E-state index in [2.05, 4.69) is 15.6 Å². The molecule has 4 N–H and O–H groups in total. The van der Waals surface area contributed by atoms with Crippen LogP contribution < -0.4 is 10.6 Å². The average Bonchev–Trinajstić information content (AvgIpc) is 2.33. The minimum absolute atomic E-state index is 0.0575. The molecular weight excluding hydrogens is 228 g/mol. The number of nitrogens with zero attached hydrogens (tertiary/aromatic N) is 2. The molecule has 0 unspecified atom stereocenters. The topological polar surface area (TPSA) is 121 Å². The highest BCUT2D eigenvalue weighted by Gasteiger charge is 2.15. The number of aromatic nitrogens is 1. The third kappa shape index (κ3) is 3.85. The van der Waals surface area contributed by atoms with Gasteiger partial charge in [0.1, 0.15) is 5.82 Å². The van der Waals surface area contributed by atoms with Crippen LogP contribution in [0.25, 0.3) is 0 Å². The molecule has 0 fully saturated rings. The normalized spacial score (nSPS) is 10.0. The Morgan fingerprint density at radius 2 is 1.88 bits per heavy atom. The lowest BCUT2D eigenvalue weighted by Gasteiger charge is -2.08. The lowest BCUT2D eigenvalue weighted by atomic mass is 10.3. The second-order valence-electron chi connectivity index (χ2n) is 3.12. The van der Waals surface area contributed by atoms with Gasteiger partial charge in [-0.2, -0.15) is 0 Å². The van der Waals surface area contributed by atoms with Gasteiger partial charge >= 0.3 is 5.69 Å². The van der Waals surface area contributed by atoms with Gasteiger partial charge in [-0.15, -0.1) is 0 Å². The molecular formula is C9H14N4O4. The Kier molecular flexibility index (Phi) is 5.11. The van der Waals surface area contributed by atoms with Crippen molar-refractivity contribution < 1.29 is 15.1 Å². The molecule has 1 aromatic heterocycles. The fraction of sp³-hybridized carbons (Fsp3) is 0.444. The maximum atomic E-state index is 10.7. The predicted octanol–water partition coefficient (Wildman–Crippen LogP) is -0.202. The van der Waals surface area contributed by atoms with E-state index in [0.29, 0.717) is 12.4 Å². The van der Waals surface area contributed by atoms with Crippen LogP contribution in [0.2, 0.25) is 0 Å². The van der Waals surface area contributed by atoms with Gasteiger partial charge in [-0.05, 0) is 6.07 Å². The highest BCUT2D eigenvalue weighted by molar-refractivity contribution is 5.60. The van der Waals surface area contributed by atoms with Crippen molar-refractivity contribution in [1.82, 2.24) is 4.98 Å². The quantitative estimate of drug-likeness (QED) is 0.386. The van der Waals surface area contributed by atoms with Crippen LogP contribution in [0, 0.1) is 10.1 Å². The Balaban J connectivity index is 2.88. The molecule has 1 heterocycles. The second kappa shape index (κ2) is 6.61. The van der Waals surface area contributed by atoms with Gasteiger partial charge in [-0.1, -0.05) is 0 Å². The lowest BCUT2D eigenvalue weighted by Crippen LogP contribution is -2.12. The smallest absolute Gasteiger partial charge is 0.311 e. The minimum Gasteiger partial charge on any atom is -0.395 e. The summed E-state index contributed by atoms with van der Waals surface area (Å²) in [4.78, 5) is 14.1. The van der Waals surface area contributed by atoms with Gasteiger partial charge < -0.3 is 20.8 Å². The molecule has 0 aliphatic heterocycles. The summed E-state index contributed by atoms with van der Waals surface area (Å²) >= 11 is 0. The molecule has 0 aliphatic rings. The molecule has 0 bridgehead atoms. The largest absolute Gasteiger partial charge is 0.395 e. The van der Waals surface area contributed by atoms with Gasteiger partial charge in [-0.3, -0.25) is 10.1 Å². The summed E-state index contributed by atoms with van der Waals surface area (Å²) in [7, 11) is 0. The number of nitro groups is 1. The van der Waals surface area contributed by atoms with E-state index < -0.39 is 4.92 Å². The van der Waals surface area contributed by atoms with Crippen molar-refractivity contribution in [3.8, 4) is 0 Å². The van der Waals surface area contributed by atoms with E-state index in [1.165, 1.54) is 12.1 Å². The number of hydrogen-bond donors (Lipinski definition) is 4. The molecule has 0 saturated heterocycles. The van der Waals surface area contributed by atoms with E-state index in [1.54, 1.807) is 0 Å². The molecule has 0 saturated carbocycles. The molecule has 94 valence electrons. The fourth-order valence-corrected chi connectivity index (χ4v) is 1.19. The molecule has 17 heavy (non-hydrogen) atoms. The summed E-state index contributed by atoms with van der Waals surface area (Å²) in [6.45, 7) is 0.284. The SMILES string of the molecule is O=[N+]([O-])c1ccc(NCCO)nc1NCCO. The van der Waals surface area contributed by atoms with Gasteiger partial charge in [0.05, 0.1) is 18.1 Å². The van der Waals surface area contributed by atoms with Crippen molar-refractivity contribution in [3.63, 3.8) is 0 Å². The van der Waals surface area contributed by atoms with Gasteiger partial charge in [0.15, 0.2) is 0 Å². The second-order valence-corrected chi connectivity index (χ2v) is 3.12. The van der Waals surface area contributed by atoms with E-state index in [-0.39, 0.29) is 31.3 Å². The van der Waals surface area contributed by atoms with Crippen LogP contribution in [-0.4, -0.2) is 46.4 Å². The molecule has 0 amide bonds. The van der Waals surface area contributed by atoms with Gasteiger partial charge in [-0.25, -0.2) is 4.98 Å². The standard InChI is InChI=1S/C9H14N4O4/c14-5-3-10-8-2-1-7(13(16)17)9(12-8)11-4-6-15/h1-2,14-15H,3-6H2,(H2,10,11,12). The van der Waals surface area contributed by atoms with Crippen molar-refractivity contribution in [2.75, 3.05) is 36.9 Å². The number of aliphatic hydroxyl groups is 2. The monoisotopic (exact) mass is 242 g/mol. The van der Waals surface area contributed by atoms with Crippen molar-refractivity contribution in [2.45, 2.75) is 0 Å². The predicted molar refractivity (Wildman–Crippen MR) is 62.0 cm³/mol. The zero-order chi connectivity index (χ0) is 12.7. The van der Waals surface area contributed by atoms with E-state index in [0.717, 1.165) is 0 Å². The van der Waals surface area contributed by atoms with E-state index in [9.17, 15) is 10.1 Å². The first-order valence-electron chi connectivity index (χ1n) is 5.04. The highest BCUT2D eigenvalue weighted by atomic mass is 16.6. The summed E-state index contributed by atoms with van der Waals surface area (Å²) in [5.74, 6) is 0.511. The summed E-state index contributed by atoms with van der Waals surface area (Å²) < 4.78 is 0. The van der Waals surface area contributed by atoms with Crippen LogP contribution in [0.1, 0.15) is 0 Å². The minimum atomic E-state index is -0.553. The summed E-state index contributed by atoms with van der Waals surface area (Å²) in [5, 5.41) is 33.5. The van der Waals surface area contributed by atoms with Crippen LogP contribution >= 0.6 is 0 Å². The average molecular weight is 242 g/mol. The van der Waals surface area contributed by atoms with E-state index in [1.807, 2.05) is 0 Å². The lowest BCUT2D eigenvalue weighted by molar-refractivity contribution is -0.384. The Labute approximate surface area is 97.5 Å². The van der Waals surface area contributed by atoms with Crippen LogP contribution in [0.3, 0.4) is 0 Å². The van der Waals surface area contributed by atoms with Crippen LogP contribution in [0.4, 0.5) is 17.3 Å². The molecule has 0 radical (unpaired) electrons. The zero-order valence-corrected chi connectivity index (χ0v) is 9.09. The molecule has 1 aromatic rings. The number of rotatable bonds is 7. The van der Waals surface area contributed by atoms with E-state index in [4.69, 9.17) is 10.2 Å². The Hall–Kier alpha value is -1.93. The Morgan fingerprint density at radius 1 is 1.24 bits per heavy atom. The summed E-state index contributed by atoms with van der Waals surface area (Å²) in [6, 6.07) is 2.77. The zero-order valence-electron chi connectivity index (χ0n) is 9.09. The Bertz CT molecular complexity index is 385. The van der Waals surface area contributed by atoms with Crippen molar-refractivity contribution in [2.24, 2.45) is 0 Å². The van der Waals surface area contributed by atoms with Gasteiger partial charge in [0.25, 0.3) is 0 Å². The van der Waals surface area contributed by atoms with Gasteiger partial charge in [0.2, 0.25) is 5.82 Å². The number of nitrogens with one attached hydrogen (secondary N) is 2. The maximum Gasteiger partial charge on any atom is 0.311 e. The third-order valence-electron chi connectivity index (χ3n) is 1.89. The first-order chi connectivity index (χ1) is 8.19. The molecule has 0 atom stereocenters.